The Kier molecular flexibility index (Phi) is 2.95. The summed E-state index contributed by atoms with van der Waals surface area (Å²) >= 11 is 0. The summed E-state index contributed by atoms with van der Waals surface area (Å²) < 4.78 is 27.4. The molecular weight excluding hydrogens is 264 g/mol. The van der Waals surface area contributed by atoms with Crippen LogP contribution >= 0.6 is 0 Å². The maximum absolute atomic E-state index is 13.4. The number of rotatable bonds is 3. The number of nitrogens with zero attached hydrogens (tertiary/aromatic N) is 3. The van der Waals surface area contributed by atoms with Crippen LogP contribution in [0.15, 0.2) is 24.7 Å². The van der Waals surface area contributed by atoms with Crippen LogP contribution in [0.1, 0.15) is 10.5 Å². The third-order valence-corrected chi connectivity index (χ3v) is 2.27. The second-order valence-electron chi connectivity index (χ2n) is 3.48. The lowest BCUT2D eigenvalue weighted by atomic mass is 10.2. The lowest BCUT2D eigenvalue weighted by Crippen LogP contribution is -2.02. The number of aromatic carboxylic acids is 1. The van der Waals surface area contributed by atoms with Crippen LogP contribution in [0.25, 0.3) is 5.69 Å². The molecule has 19 heavy (non-hydrogen) atoms. The zero-order chi connectivity index (χ0) is 14.2. The van der Waals surface area contributed by atoms with Crippen LogP contribution < -0.4 is 0 Å². The first-order chi connectivity index (χ1) is 8.90. The molecule has 1 aromatic carbocycles. The molecule has 0 spiro atoms. The van der Waals surface area contributed by atoms with E-state index < -0.39 is 39.6 Å². The highest BCUT2D eigenvalue weighted by molar-refractivity contribution is 5.85. The molecule has 0 saturated carbocycles. The van der Waals surface area contributed by atoms with Crippen molar-refractivity contribution in [3.63, 3.8) is 0 Å². The van der Waals surface area contributed by atoms with Gasteiger partial charge >= 0.3 is 11.7 Å². The number of hydrogen-bond acceptors (Lipinski definition) is 4. The molecule has 0 amide bonds. The van der Waals surface area contributed by atoms with E-state index in [0.29, 0.717) is 12.1 Å². The van der Waals surface area contributed by atoms with Crippen LogP contribution in [0.2, 0.25) is 0 Å². The highest BCUT2D eigenvalue weighted by atomic mass is 19.1. The van der Waals surface area contributed by atoms with Gasteiger partial charge in [0.25, 0.3) is 0 Å². The number of carboxylic acids is 1. The number of halogens is 2. The lowest BCUT2D eigenvalue weighted by molar-refractivity contribution is -0.387. The summed E-state index contributed by atoms with van der Waals surface area (Å²) in [5.41, 5.74) is -1.81. The summed E-state index contributed by atoms with van der Waals surface area (Å²) in [5.74, 6) is -3.74. The number of nitro benzene ring substituents is 1. The smallest absolute Gasteiger partial charge is 0.356 e. The highest BCUT2D eigenvalue weighted by Crippen LogP contribution is 2.27. The molecular formula is C10H5F2N3O4. The van der Waals surface area contributed by atoms with Gasteiger partial charge in [-0.1, -0.05) is 0 Å². The normalized spacial score (nSPS) is 10.4. The number of imidazole rings is 1. The van der Waals surface area contributed by atoms with Gasteiger partial charge in [-0.15, -0.1) is 0 Å². The largest absolute Gasteiger partial charge is 0.476 e. The molecule has 1 aromatic heterocycles. The average Bonchev–Trinajstić information content (AvgIpc) is 2.76. The Labute approximate surface area is 103 Å². The molecule has 98 valence electrons. The molecule has 1 N–H and O–H groups in total. The summed E-state index contributed by atoms with van der Waals surface area (Å²) in [6, 6.07) is 1.09. The van der Waals surface area contributed by atoms with Crippen molar-refractivity contribution in [2.45, 2.75) is 0 Å². The van der Waals surface area contributed by atoms with Crippen molar-refractivity contribution in [3.8, 4) is 5.69 Å². The molecule has 2 aromatic rings. The van der Waals surface area contributed by atoms with E-state index in [0.717, 1.165) is 17.1 Å². The topological polar surface area (TPSA) is 98.3 Å². The molecule has 0 aliphatic carbocycles. The molecule has 1 heterocycles. The van der Waals surface area contributed by atoms with Crippen molar-refractivity contribution >= 4 is 11.7 Å². The van der Waals surface area contributed by atoms with E-state index in [-0.39, 0.29) is 0 Å². The number of benzene rings is 1. The summed E-state index contributed by atoms with van der Waals surface area (Å²) in [6.07, 6.45) is 1.84. The zero-order valence-corrected chi connectivity index (χ0v) is 9.08. The van der Waals surface area contributed by atoms with E-state index in [1.54, 1.807) is 0 Å². The standard InChI is InChI=1S/C10H5F2N3O4/c11-5-1-6(12)9(15(18)19)8(2-5)14-3-7(10(16)17)13-4-14/h1-4H,(H,16,17). The number of carbonyl (C=O) groups is 1. The van der Waals surface area contributed by atoms with Crippen molar-refractivity contribution in [1.29, 1.82) is 0 Å². The number of hydrogen-bond donors (Lipinski definition) is 1. The van der Waals surface area contributed by atoms with E-state index in [1.165, 1.54) is 0 Å². The number of nitro groups is 1. The molecule has 0 saturated heterocycles. The van der Waals surface area contributed by atoms with Crippen molar-refractivity contribution in [3.05, 3.63) is 52.1 Å². The molecule has 0 radical (unpaired) electrons. The SMILES string of the molecule is O=C(O)c1cn(-c2cc(F)cc(F)c2[N+](=O)[O-])cn1. The van der Waals surface area contributed by atoms with Gasteiger partial charge < -0.3 is 5.11 Å². The van der Waals surface area contributed by atoms with Gasteiger partial charge in [-0.2, -0.15) is 4.39 Å². The second-order valence-corrected chi connectivity index (χ2v) is 3.48. The quantitative estimate of drug-likeness (QED) is 0.676. The van der Waals surface area contributed by atoms with Crippen molar-refractivity contribution < 1.29 is 23.6 Å². The van der Waals surface area contributed by atoms with Gasteiger partial charge in [0, 0.05) is 18.3 Å². The molecule has 0 atom stereocenters. The number of aromatic nitrogens is 2. The number of carboxylic acid groups (broad SMARTS) is 1. The van der Waals surface area contributed by atoms with E-state index in [9.17, 15) is 23.7 Å². The fraction of sp³-hybridized carbons (Fsp3) is 0. The van der Waals surface area contributed by atoms with Gasteiger partial charge in [-0.05, 0) is 0 Å². The molecule has 0 bridgehead atoms. The van der Waals surface area contributed by atoms with E-state index >= 15 is 0 Å². The van der Waals surface area contributed by atoms with E-state index in [2.05, 4.69) is 4.98 Å². The average molecular weight is 269 g/mol. The zero-order valence-electron chi connectivity index (χ0n) is 9.08. The fourth-order valence-corrected chi connectivity index (χ4v) is 1.49. The minimum Gasteiger partial charge on any atom is -0.476 e. The van der Waals surface area contributed by atoms with Crippen LogP contribution in [-0.2, 0) is 0 Å². The molecule has 0 unspecified atom stereocenters. The van der Waals surface area contributed by atoms with Crippen LogP contribution in [0.4, 0.5) is 14.5 Å². The second kappa shape index (κ2) is 4.44. The fourth-order valence-electron chi connectivity index (χ4n) is 1.49. The Bertz CT molecular complexity index is 683. The first kappa shape index (κ1) is 12.6. The summed E-state index contributed by atoms with van der Waals surface area (Å²) in [7, 11) is 0. The Morgan fingerprint density at radius 3 is 2.63 bits per heavy atom. The van der Waals surface area contributed by atoms with Gasteiger partial charge in [0.2, 0.25) is 5.82 Å². The summed E-state index contributed by atoms with van der Waals surface area (Å²) in [6.45, 7) is 0. The van der Waals surface area contributed by atoms with E-state index in [1.807, 2.05) is 0 Å². The van der Waals surface area contributed by atoms with Gasteiger partial charge in [0.1, 0.15) is 17.8 Å². The third kappa shape index (κ3) is 2.25. The van der Waals surface area contributed by atoms with Crippen molar-refractivity contribution in [2.24, 2.45) is 0 Å². The molecule has 7 nitrogen and oxygen atoms in total. The third-order valence-electron chi connectivity index (χ3n) is 2.27. The first-order valence-corrected chi connectivity index (χ1v) is 4.81. The Morgan fingerprint density at radius 2 is 2.11 bits per heavy atom. The summed E-state index contributed by atoms with van der Waals surface area (Å²) in [5, 5.41) is 19.4. The first-order valence-electron chi connectivity index (χ1n) is 4.81. The van der Waals surface area contributed by atoms with Crippen LogP contribution in [0, 0.1) is 21.7 Å². The molecule has 9 heteroatoms. The lowest BCUT2D eigenvalue weighted by Gasteiger charge is -2.04. The van der Waals surface area contributed by atoms with E-state index in [4.69, 9.17) is 5.11 Å². The maximum Gasteiger partial charge on any atom is 0.356 e. The van der Waals surface area contributed by atoms with Gasteiger partial charge in [0.05, 0.1) is 4.92 Å². The minimum absolute atomic E-state index is 0.372. The Morgan fingerprint density at radius 1 is 1.42 bits per heavy atom. The van der Waals surface area contributed by atoms with Crippen molar-refractivity contribution in [1.82, 2.24) is 9.55 Å². The summed E-state index contributed by atoms with van der Waals surface area (Å²) in [4.78, 5) is 23.8. The maximum atomic E-state index is 13.4. The molecule has 0 fully saturated rings. The Balaban J connectivity index is 2.66. The van der Waals surface area contributed by atoms with Crippen molar-refractivity contribution in [2.75, 3.05) is 0 Å². The molecule has 0 aliphatic heterocycles. The molecule has 0 aliphatic rings. The predicted molar refractivity (Wildman–Crippen MR) is 57.1 cm³/mol. The molecule has 2 rings (SSSR count). The predicted octanol–water partition coefficient (Wildman–Crippen LogP) is 1.76. The van der Waals surface area contributed by atoms with Gasteiger partial charge in [-0.25, -0.2) is 14.2 Å². The Hall–Kier alpha value is -2.84. The van der Waals surface area contributed by atoms with Gasteiger partial charge in [-0.3, -0.25) is 14.7 Å². The highest BCUT2D eigenvalue weighted by Gasteiger charge is 2.24. The van der Waals surface area contributed by atoms with Gasteiger partial charge in [0.15, 0.2) is 5.69 Å². The minimum atomic E-state index is -1.36. The van der Waals surface area contributed by atoms with Crippen LogP contribution in [-0.4, -0.2) is 25.6 Å². The van der Waals surface area contributed by atoms with Crippen LogP contribution in [0.5, 0.6) is 0 Å². The van der Waals surface area contributed by atoms with Crippen LogP contribution in [0.3, 0.4) is 0 Å². The monoisotopic (exact) mass is 269 g/mol.